The molecule has 0 spiro atoms. The molecule has 10 heteroatoms. The fourth-order valence-electron chi connectivity index (χ4n) is 2.41. The van der Waals surface area contributed by atoms with Gasteiger partial charge in [0, 0.05) is 29.3 Å². The maximum atomic E-state index is 12.9. The van der Waals surface area contributed by atoms with E-state index in [4.69, 9.17) is 16.3 Å². The maximum Gasteiger partial charge on any atom is 0.256 e. The number of aromatic nitrogens is 1. The van der Waals surface area contributed by atoms with Crippen LogP contribution in [-0.2, 0) is 14.8 Å². The van der Waals surface area contributed by atoms with Gasteiger partial charge in [0.25, 0.3) is 5.91 Å². The monoisotopic (exact) mass is 459 g/mol. The summed E-state index contributed by atoms with van der Waals surface area (Å²) in [6.07, 6.45) is 1.41. The molecule has 0 radical (unpaired) electrons. The third-order valence-electron chi connectivity index (χ3n) is 3.75. The van der Waals surface area contributed by atoms with Crippen molar-refractivity contribution in [2.24, 2.45) is 0 Å². The molecule has 1 amide bonds. The number of benzene rings is 1. The number of ether oxygens (including phenoxy) is 1. The van der Waals surface area contributed by atoms with Crippen molar-refractivity contribution in [2.75, 3.05) is 31.6 Å². The molecule has 7 nitrogen and oxygen atoms in total. The van der Waals surface area contributed by atoms with E-state index in [-0.39, 0.29) is 23.5 Å². The molecule has 1 N–H and O–H groups in total. The second kappa shape index (κ2) is 8.01. The summed E-state index contributed by atoms with van der Waals surface area (Å²) in [7, 11) is -3.73. The number of halogens is 2. The number of nitrogens with zero attached hydrogens (tertiary/aromatic N) is 2. The van der Waals surface area contributed by atoms with Crippen molar-refractivity contribution in [2.45, 2.75) is 4.90 Å². The lowest BCUT2D eigenvalue weighted by Crippen LogP contribution is -2.40. The van der Waals surface area contributed by atoms with Crippen molar-refractivity contribution in [3.05, 3.63) is 51.6 Å². The van der Waals surface area contributed by atoms with E-state index in [1.165, 1.54) is 28.7 Å². The lowest BCUT2D eigenvalue weighted by atomic mass is 10.2. The van der Waals surface area contributed by atoms with Gasteiger partial charge in [0.1, 0.15) is 5.82 Å². The molecule has 0 atom stereocenters. The van der Waals surface area contributed by atoms with E-state index in [2.05, 4.69) is 26.2 Å². The molecule has 2 heterocycles. The number of rotatable bonds is 4. The molecule has 26 heavy (non-hydrogen) atoms. The highest BCUT2D eigenvalue weighted by atomic mass is 79.9. The molecule has 1 aromatic heterocycles. The minimum atomic E-state index is -3.73. The number of carbonyl (C=O) groups is 1. The summed E-state index contributed by atoms with van der Waals surface area (Å²) < 4.78 is 32.7. The Morgan fingerprint density at radius 1 is 1.23 bits per heavy atom. The van der Waals surface area contributed by atoms with Crippen LogP contribution in [0.1, 0.15) is 10.4 Å². The highest BCUT2D eigenvalue weighted by Crippen LogP contribution is 2.27. The predicted octanol–water partition coefficient (Wildman–Crippen LogP) is 2.77. The summed E-state index contributed by atoms with van der Waals surface area (Å²) in [5.41, 5.74) is 0.205. The van der Waals surface area contributed by atoms with Crippen LogP contribution in [0.4, 0.5) is 5.82 Å². The van der Waals surface area contributed by atoms with Crippen LogP contribution in [0.5, 0.6) is 0 Å². The second-order valence-corrected chi connectivity index (χ2v) is 8.67. The molecule has 0 bridgehead atoms. The molecule has 0 aliphatic carbocycles. The number of hydrogen-bond donors (Lipinski definition) is 1. The minimum absolute atomic E-state index is 0.0381. The van der Waals surface area contributed by atoms with E-state index >= 15 is 0 Å². The average Bonchev–Trinajstić information content (AvgIpc) is 2.64. The van der Waals surface area contributed by atoms with Crippen LogP contribution < -0.4 is 5.32 Å². The Morgan fingerprint density at radius 3 is 2.62 bits per heavy atom. The molecular formula is C16H15BrClN3O4S. The van der Waals surface area contributed by atoms with Crippen LogP contribution in [0.2, 0.25) is 5.02 Å². The Morgan fingerprint density at radius 2 is 1.96 bits per heavy atom. The van der Waals surface area contributed by atoms with Gasteiger partial charge in [-0.2, -0.15) is 4.31 Å². The van der Waals surface area contributed by atoms with Crippen molar-refractivity contribution in [3.8, 4) is 0 Å². The summed E-state index contributed by atoms with van der Waals surface area (Å²) in [6, 6.07) is 7.58. The molecular weight excluding hydrogens is 446 g/mol. The molecule has 1 aliphatic heterocycles. The predicted molar refractivity (Wildman–Crippen MR) is 101 cm³/mol. The van der Waals surface area contributed by atoms with E-state index < -0.39 is 15.9 Å². The van der Waals surface area contributed by atoms with Crippen molar-refractivity contribution in [3.63, 3.8) is 0 Å². The van der Waals surface area contributed by atoms with Gasteiger partial charge in [0.2, 0.25) is 10.0 Å². The topological polar surface area (TPSA) is 88.6 Å². The third kappa shape index (κ3) is 4.24. The first-order valence-electron chi connectivity index (χ1n) is 7.68. The van der Waals surface area contributed by atoms with Gasteiger partial charge < -0.3 is 10.1 Å². The van der Waals surface area contributed by atoms with Crippen molar-refractivity contribution in [1.82, 2.24) is 9.29 Å². The number of morpholine rings is 1. The first-order chi connectivity index (χ1) is 12.4. The Kier molecular flexibility index (Phi) is 5.93. The zero-order chi connectivity index (χ0) is 18.7. The highest BCUT2D eigenvalue weighted by molar-refractivity contribution is 9.10. The first kappa shape index (κ1) is 19.2. The van der Waals surface area contributed by atoms with Gasteiger partial charge in [-0.15, -0.1) is 0 Å². The Hall–Kier alpha value is -1.52. The summed E-state index contributed by atoms with van der Waals surface area (Å²) in [4.78, 5) is 16.5. The smallest absolute Gasteiger partial charge is 0.256 e. The zero-order valence-corrected chi connectivity index (χ0v) is 16.6. The van der Waals surface area contributed by atoms with Gasteiger partial charge in [-0.3, -0.25) is 4.79 Å². The zero-order valence-electron chi connectivity index (χ0n) is 13.5. The van der Waals surface area contributed by atoms with Gasteiger partial charge in [0.15, 0.2) is 0 Å². The number of pyridine rings is 1. The minimum Gasteiger partial charge on any atom is -0.379 e. The van der Waals surface area contributed by atoms with Gasteiger partial charge >= 0.3 is 0 Å². The summed E-state index contributed by atoms with van der Waals surface area (Å²) >= 11 is 9.03. The van der Waals surface area contributed by atoms with Crippen LogP contribution in [0.15, 0.2) is 45.9 Å². The summed E-state index contributed by atoms with van der Waals surface area (Å²) in [5, 5.41) is 3.06. The van der Waals surface area contributed by atoms with E-state index in [0.717, 1.165) is 0 Å². The number of carbonyl (C=O) groups excluding carboxylic acids is 1. The third-order valence-corrected chi connectivity index (χ3v) is 6.87. The normalized spacial score (nSPS) is 15.6. The molecule has 1 saturated heterocycles. The number of anilines is 1. The lowest BCUT2D eigenvalue weighted by molar-refractivity contribution is 0.0730. The Balaban J connectivity index is 1.87. The fraction of sp³-hybridized carbons (Fsp3) is 0.250. The maximum absolute atomic E-state index is 12.9. The van der Waals surface area contributed by atoms with Crippen LogP contribution in [0.3, 0.4) is 0 Å². The summed E-state index contributed by atoms with van der Waals surface area (Å²) in [5.74, 6) is -0.148. The van der Waals surface area contributed by atoms with Crippen LogP contribution >= 0.6 is 27.5 Å². The van der Waals surface area contributed by atoms with Crippen LogP contribution in [-0.4, -0.2) is 49.9 Å². The standard InChI is InChI=1S/C16H15BrClN3O4S/c17-13-3-1-11(16(22)20-15-4-2-12(18)10-19-15)9-14(13)26(23,24)21-5-7-25-8-6-21/h1-4,9-10H,5-8H2,(H,19,20,22). The Bertz CT molecular complexity index is 916. The number of amides is 1. The van der Waals surface area contributed by atoms with Crippen LogP contribution in [0.25, 0.3) is 0 Å². The summed E-state index contributed by atoms with van der Waals surface area (Å²) in [6.45, 7) is 1.25. The Labute approximate surface area is 164 Å². The second-order valence-electron chi connectivity index (χ2n) is 5.48. The highest BCUT2D eigenvalue weighted by Gasteiger charge is 2.29. The molecule has 138 valence electrons. The number of hydrogen-bond acceptors (Lipinski definition) is 5. The van der Waals surface area contributed by atoms with Crippen LogP contribution in [0, 0.1) is 0 Å². The van der Waals surface area contributed by atoms with Gasteiger partial charge in [-0.1, -0.05) is 11.6 Å². The first-order valence-corrected chi connectivity index (χ1v) is 10.3. The SMILES string of the molecule is O=C(Nc1ccc(Cl)cn1)c1ccc(Br)c(S(=O)(=O)N2CCOCC2)c1. The van der Waals surface area contributed by atoms with Crippen molar-refractivity contribution < 1.29 is 17.9 Å². The van der Waals surface area contributed by atoms with Gasteiger partial charge in [-0.05, 0) is 46.3 Å². The van der Waals surface area contributed by atoms with Crippen molar-refractivity contribution >= 4 is 49.3 Å². The largest absolute Gasteiger partial charge is 0.379 e. The molecule has 0 unspecified atom stereocenters. The van der Waals surface area contributed by atoms with Gasteiger partial charge in [-0.25, -0.2) is 13.4 Å². The van der Waals surface area contributed by atoms with Gasteiger partial charge in [0.05, 0.1) is 23.1 Å². The molecule has 2 aromatic rings. The fourth-order valence-corrected chi connectivity index (χ4v) is 4.88. The lowest BCUT2D eigenvalue weighted by Gasteiger charge is -2.26. The van der Waals surface area contributed by atoms with E-state index in [0.29, 0.717) is 28.5 Å². The molecule has 3 rings (SSSR count). The van der Waals surface area contributed by atoms with E-state index in [1.54, 1.807) is 12.1 Å². The van der Waals surface area contributed by atoms with E-state index in [1.807, 2.05) is 0 Å². The number of nitrogens with one attached hydrogen (secondary N) is 1. The van der Waals surface area contributed by atoms with E-state index in [9.17, 15) is 13.2 Å². The number of sulfonamides is 1. The van der Waals surface area contributed by atoms with Crippen molar-refractivity contribution in [1.29, 1.82) is 0 Å². The molecule has 0 saturated carbocycles. The molecule has 1 aromatic carbocycles. The quantitative estimate of drug-likeness (QED) is 0.758. The molecule has 1 fully saturated rings. The molecule has 1 aliphatic rings. The average molecular weight is 461 g/mol.